The van der Waals surface area contributed by atoms with Crippen LogP contribution in [0, 0.1) is 19.8 Å². The Hall–Kier alpha value is -2.72. The number of sulfonamides is 1. The van der Waals surface area contributed by atoms with E-state index in [1.54, 1.807) is 36.9 Å². The molecule has 33 heavy (non-hydrogen) atoms. The minimum absolute atomic E-state index is 0.119. The van der Waals surface area contributed by atoms with Gasteiger partial charge in [0.2, 0.25) is 21.8 Å². The molecule has 2 aliphatic rings. The van der Waals surface area contributed by atoms with Crippen LogP contribution in [0.5, 0.6) is 0 Å². The summed E-state index contributed by atoms with van der Waals surface area (Å²) in [6.45, 7) is 8.19. The van der Waals surface area contributed by atoms with Crippen molar-refractivity contribution < 1.29 is 18.0 Å². The Morgan fingerprint density at radius 1 is 1.15 bits per heavy atom. The Kier molecular flexibility index (Phi) is 6.32. The lowest BCUT2D eigenvalue weighted by molar-refractivity contribution is -0.120. The van der Waals surface area contributed by atoms with Gasteiger partial charge in [0.15, 0.2) is 0 Å². The molecule has 1 saturated heterocycles. The number of hydrogen-bond donors (Lipinski definition) is 1. The maximum absolute atomic E-state index is 13.4. The number of carbonyl (C=O) groups excluding carboxylic acids is 2. The Morgan fingerprint density at radius 3 is 2.52 bits per heavy atom. The van der Waals surface area contributed by atoms with Gasteiger partial charge in [-0.15, -0.1) is 0 Å². The summed E-state index contributed by atoms with van der Waals surface area (Å²) >= 11 is 0. The zero-order chi connectivity index (χ0) is 23.9. The van der Waals surface area contributed by atoms with Crippen molar-refractivity contribution in [3.05, 3.63) is 35.7 Å². The second-order valence-corrected chi connectivity index (χ2v) is 11.0. The van der Waals surface area contributed by atoms with E-state index >= 15 is 0 Å². The molecule has 1 N–H and O–H groups in total. The molecule has 9 nitrogen and oxygen atoms in total. The molecule has 1 unspecified atom stereocenters. The molecule has 2 aliphatic heterocycles. The molecule has 0 spiro atoms. The fourth-order valence-electron chi connectivity index (χ4n) is 4.73. The van der Waals surface area contributed by atoms with Crippen LogP contribution in [-0.4, -0.2) is 53.4 Å². The summed E-state index contributed by atoms with van der Waals surface area (Å²) in [6.07, 6.45) is 1.84. The number of aryl methyl sites for hydroxylation is 1. The summed E-state index contributed by atoms with van der Waals surface area (Å²) in [7, 11) is -3.69. The summed E-state index contributed by atoms with van der Waals surface area (Å²) in [5.41, 5.74) is 2.04. The normalized spacial score (nSPS) is 20.3. The van der Waals surface area contributed by atoms with E-state index < -0.39 is 10.0 Å². The molecule has 1 aromatic heterocycles. The highest BCUT2D eigenvalue weighted by molar-refractivity contribution is 7.89. The van der Waals surface area contributed by atoms with Crippen LogP contribution in [0.3, 0.4) is 0 Å². The van der Waals surface area contributed by atoms with Gasteiger partial charge in [-0.2, -0.15) is 9.40 Å². The molecule has 0 bridgehead atoms. The van der Waals surface area contributed by atoms with Gasteiger partial charge >= 0.3 is 0 Å². The number of fused-ring (bicyclic) bond motifs is 1. The number of nitrogens with one attached hydrogen (secondary N) is 1. The van der Waals surface area contributed by atoms with Crippen molar-refractivity contribution in [3.63, 3.8) is 0 Å². The number of amides is 2. The number of carbonyl (C=O) groups is 2. The maximum atomic E-state index is 13.4. The molecule has 2 aromatic rings. The Labute approximate surface area is 194 Å². The van der Waals surface area contributed by atoms with E-state index in [9.17, 15) is 18.0 Å². The third kappa shape index (κ3) is 4.41. The van der Waals surface area contributed by atoms with Crippen molar-refractivity contribution >= 4 is 33.2 Å². The van der Waals surface area contributed by atoms with Crippen LogP contribution < -0.4 is 10.2 Å². The van der Waals surface area contributed by atoms with Crippen molar-refractivity contribution in [2.24, 2.45) is 5.92 Å². The van der Waals surface area contributed by atoms with Crippen LogP contribution in [0.1, 0.15) is 44.5 Å². The predicted molar refractivity (Wildman–Crippen MR) is 125 cm³/mol. The smallest absolute Gasteiger partial charge is 0.249 e. The van der Waals surface area contributed by atoms with Crippen LogP contribution in [0.2, 0.25) is 0 Å². The van der Waals surface area contributed by atoms with Crippen LogP contribution >= 0.6 is 0 Å². The molecule has 0 aliphatic carbocycles. The molecule has 1 atom stereocenters. The lowest BCUT2D eigenvalue weighted by Crippen LogP contribution is -2.41. The predicted octanol–water partition coefficient (Wildman–Crippen LogP) is 2.68. The molecule has 178 valence electrons. The van der Waals surface area contributed by atoms with Gasteiger partial charge in [0.05, 0.1) is 22.8 Å². The van der Waals surface area contributed by atoms with E-state index in [2.05, 4.69) is 17.3 Å². The number of para-hydroxylation sites is 2. The molecule has 10 heteroatoms. The molecule has 0 saturated carbocycles. The van der Waals surface area contributed by atoms with E-state index in [0.29, 0.717) is 41.8 Å². The minimum Gasteiger partial charge on any atom is -0.324 e. The maximum Gasteiger partial charge on any atom is 0.249 e. The van der Waals surface area contributed by atoms with Crippen LogP contribution in [0.25, 0.3) is 0 Å². The van der Waals surface area contributed by atoms with Crippen molar-refractivity contribution in [2.75, 3.05) is 23.3 Å². The van der Waals surface area contributed by atoms with Crippen LogP contribution in [0.15, 0.2) is 29.2 Å². The first-order valence-corrected chi connectivity index (χ1v) is 12.8. The first-order chi connectivity index (χ1) is 15.6. The molecule has 1 aromatic carbocycles. The third-order valence-corrected chi connectivity index (χ3v) is 8.72. The monoisotopic (exact) mass is 473 g/mol. The van der Waals surface area contributed by atoms with E-state index in [1.165, 1.54) is 8.99 Å². The lowest BCUT2D eigenvalue weighted by atomic mass is 10.0. The molecular formula is C23H31N5O4S. The largest absolute Gasteiger partial charge is 0.324 e. The minimum atomic E-state index is -3.69. The van der Waals surface area contributed by atoms with Gasteiger partial charge in [-0.05, 0) is 51.7 Å². The number of piperidine rings is 1. The van der Waals surface area contributed by atoms with E-state index in [0.717, 1.165) is 12.8 Å². The zero-order valence-corrected chi connectivity index (χ0v) is 20.4. The summed E-state index contributed by atoms with van der Waals surface area (Å²) in [5, 5.41) is 7.27. The van der Waals surface area contributed by atoms with Gasteiger partial charge in [-0.25, -0.2) is 8.42 Å². The van der Waals surface area contributed by atoms with Gasteiger partial charge in [-0.3, -0.25) is 14.3 Å². The summed E-state index contributed by atoms with van der Waals surface area (Å²) in [4.78, 5) is 27.4. The molecule has 1 fully saturated rings. The van der Waals surface area contributed by atoms with Crippen molar-refractivity contribution in [1.82, 2.24) is 14.1 Å². The number of anilines is 2. The number of rotatable bonds is 4. The summed E-state index contributed by atoms with van der Waals surface area (Å²) < 4.78 is 29.7. The average molecular weight is 474 g/mol. The van der Waals surface area contributed by atoms with Crippen molar-refractivity contribution in [2.45, 2.75) is 64.4 Å². The highest BCUT2D eigenvalue weighted by atomic mass is 32.2. The molecule has 0 radical (unpaired) electrons. The SMILES string of the molecule is Cc1nn(CC(=O)N2c3ccccc3NC(=O)CC2C)c(C)c1S(=O)(=O)N1CCC(C)CC1. The van der Waals surface area contributed by atoms with Gasteiger partial charge in [0.25, 0.3) is 0 Å². The quantitative estimate of drug-likeness (QED) is 0.735. The molecular weight excluding hydrogens is 442 g/mol. The topological polar surface area (TPSA) is 105 Å². The van der Waals surface area contributed by atoms with Crippen molar-refractivity contribution in [1.29, 1.82) is 0 Å². The van der Waals surface area contributed by atoms with Crippen LogP contribution in [0.4, 0.5) is 11.4 Å². The molecule has 3 heterocycles. The van der Waals surface area contributed by atoms with Gasteiger partial charge < -0.3 is 10.2 Å². The standard InChI is InChI=1S/C23H31N5O4S/c1-15-9-11-26(12-10-15)33(31,32)23-17(3)25-27(18(23)4)14-22(30)28-16(2)13-21(29)24-19-7-5-6-8-20(19)28/h5-8,15-16H,9-14H2,1-4H3,(H,24,29). The van der Waals surface area contributed by atoms with E-state index in [-0.39, 0.29) is 35.7 Å². The highest BCUT2D eigenvalue weighted by Crippen LogP contribution is 2.32. The number of aromatic nitrogens is 2. The fourth-order valence-corrected chi connectivity index (χ4v) is 6.58. The summed E-state index contributed by atoms with van der Waals surface area (Å²) in [6, 6.07) is 6.83. The molecule has 2 amide bonds. The fraction of sp³-hybridized carbons (Fsp3) is 0.522. The third-order valence-electron chi connectivity index (χ3n) is 6.57. The van der Waals surface area contributed by atoms with Crippen molar-refractivity contribution in [3.8, 4) is 0 Å². The van der Waals surface area contributed by atoms with Gasteiger partial charge in [0, 0.05) is 25.6 Å². The van der Waals surface area contributed by atoms with Gasteiger partial charge in [-0.1, -0.05) is 19.1 Å². The van der Waals surface area contributed by atoms with Gasteiger partial charge in [0.1, 0.15) is 11.4 Å². The number of benzene rings is 1. The summed E-state index contributed by atoms with van der Waals surface area (Å²) in [5.74, 6) is 0.104. The molecule has 4 rings (SSSR count). The highest BCUT2D eigenvalue weighted by Gasteiger charge is 2.34. The van der Waals surface area contributed by atoms with Crippen LogP contribution in [-0.2, 0) is 26.2 Å². The number of nitrogens with zero attached hydrogens (tertiary/aromatic N) is 4. The number of hydrogen-bond acceptors (Lipinski definition) is 5. The van der Waals surface area contributed by atoms with E-state index in [4.69, 9.17) is 0 Å². The Bertz CT molecular complexity index is 1180. The second kappa shape index (κ2) is 8.90. The second-order valence-electron chi connectivity index (χ2n) is 9.13. The van der Waals surface area contributed by atoms with E-state index in [1.807, 2.05) is 13.0 Å². The lowest BCUT2D eigenvalue weighted by Gasteiger charge is -2.29. The first-order valence-electron chi connectivity index (χ1n) is 11.3. The average Bonchev–Trinajstić information content (AvgIpc) is 2.94. The zero-order valence-electron chi connectivity index (χ0n) is 19.5. The Balaban J connectivity index is 1.63. The Morgan fingerprint density at radius 2 is 1.82 bits per heavy atom. The first kappa shape index (κ1) is 23.4.